The summed E-state index contributed by atoms with van der Waals surface area (Å²) >= 11 is 0. The Morgan fingerprint density at radius 1 is 1.00 bits per heavy atom. The molecule has 0 unspecified atom stereocenters. The summed E-state index contributed by atoms with van der Waals surface area (Å²) in [7, 11) is 1.60. The van der Waals surface area contributed by atoms with E-state index in [1.807, 2.05) is 54.6 Å². The van der Waals surface area contributed by atoms with Crippen molar-refractivity contribution in [2.45, 2.75) is 0 Å². The van der Waals surface area contributed by atoms with E-state index < -0.39 is 0 Å². The Balaban J connectivity index is 1.81. The summed E-state index contributed by atoms with van der Waals surface area (Å²) in [6.45, 7) is 0. The zero-order chi connectivity index (χ0) is 17.9. The van der Waals surface area contributed by atoms with Crippen LogP contribution in [0.3, 0.4) is 0 Å². The summed E-state index contributed by atoms with van der Waals surface area (Å²) in [6.07, 6.45) is 3.58. The molecule has 4 heteroatoms. The summed E-state index contributed by atoms with van der Waals surface area (Å²) in [4.78, 5) is 15.6. The second kappa shape index (κ2) is 6.66. The van der Waals surface area contributed by atoms with Crippen molar-refractivity contribution in [1.82, 2.24) is 4.98 Å². The lowest BCUT2D eigenvalue weighted by Crippen LogP contribution is -2.03. The first-order chi connectivity index (χ1) is 12.8. The first kappa shape index (κ1) is 15.8. The van der Waals surface area contributed by atoms with Crippen LogP contribution in [0.1, 0.15) is 22.4 Å². The molecule has 1 aromatic heterocycles. The van der Waals surface area contributed by atoms with Gasteiger partial charge in [-0.1, -0.05) is 36.1 Å². The molecule has 0 spiro atoms. The van der Waals surface area contributed by atoms with Gasteiger partial charge in [0.1, 0.15) is 5.75 Å². The van der Waals surface area contributed by atoms with Gasteiger partial charge in [0.05, 0.1) is 24.1 Å². The van der Waals surface area contributed by atoms with Gasteiger partial charge in [0.15, 0.2) is 0 Å². The fourth-order valence-electron chi connectivity index (χ4n) is 2.96. The third-order valence-corrected chi connectivity index (χ3v) is 4.19. The monoisotopic (exact) mass is 340 g/mol. The van der Waals surface area contributed by atoms with Crippen LogP contribution in [0.4, 0.5) is 5.69 Å². The molecular weight excluding hydrogens is 324 g/mol. The number of anilines is 1. The molecule has 2 heterocycles. The molecule has 3 aromatic rings. The van der Waals surface area contributed by atoms with Crippen molar-refractivity contribution < 1.29 is 9.53 Å². The number of hydrogen-bond acceptors (Lipinski definition) is 2. The molecule has 2 N–H and O–H groups in total. The molecule has 26 heavy (non-hydrogen) atoms. The predicted molar refractivity (Wildman–Crippen MR) is 103 cm³/mol. The minimum Gasteiger partial charge on any atom is -0.495 e. The second-order valence-corrected chi connectivity index (χ2v) is 5.82. The molecule has 126 valence electrons. The van der Waals surface area contributed by atoms with Crippen LogP contribution in [0.15, 0.2) is 60.8 Å². The zero-order valence-corrected chi connectivity index (χ0v) is 14.2. The molecule has 0 saturated heterocycles. The molecular formula is C22H16N2O2. The quantitative estimate of drug-likeness (QED) is 0.549. The van der Waals surface area contributed by atoms with Gasteiger partial charge in [-0.25, -0.2) is 0 Å². The van der Waals surface area contributed by atoms with Gasteiger partial charge in [0.25, 0.3) is 5.91 Å². The highest BCUT2D eigenvalue weighted by Gasteiger charge is 2.26. The maximum absolute atomic E-state index is 12.5. The van der Waals surface area contributed by atoms with Gasteiger partial charge in [-0.15, -0.1) is 0 Å². The SMILES string of the molecule is COc1cc[nH]c1/C=C1\C(=O)Nc2cccc(C#Cc3ccccc3)c21. The van der Waals surface area contributed by atoms with Crippen LogP contribution in [0, 0.1) is 11.8 Å². The lowest BCUT2D eigenvalue weighted by atomic mass is 9.99. The first-order valence-electron chi connectivity index (χ1n) is 8.21. The Kier molecular flexibility index (Phi) is 4.04. The standard InChI is InChI=1S/C22H16N2O2/c1-26-20-12-13-23-19(20)14-17-21-16(8-5-9-18(21)24-22(17)25)11-10-15-6-3-2-4-7-15/h2-9,12-14,23H,1H3,(H,24,25)/b17-14-. The van der Waals surface area contributed by atoms with Gasteiger partial charge >= 0.3 is 0 Å². The van der Waals surface area contributed by atoms with Crippen molar-refractivity contribution in [2.75, 3.05) is 12.4 Å². The average Bonchev–Trinajstić information content (AvgIpc) is 3.25. The molecule has 1 aliphatic heterocycles. The van der Waals surface area contributed by atoms with Crippen molar-refractivity contribution in [3.05, 3.63) is 83.2 Å². The number of rotatable bonds is 2. The molecule has 1 amide bonds. The van der Waals surface area contributed by atoms with Gasteiger partial charge in [0, 0.05) is 22.9 Å². The molecule has 4 rings (SSSR count). The van der Waals surface area contributed by atoms with Crippen molar-refractivity contribution in [3.63, 3.8) is 0 Å². The number of H-pyrrole nitrogens is 1. The number of carbonyl (C=O) groups is 1. The highest BCUT2D eigenvalue weighted by Crippen LogP contribution is 2.36. The number of benzene rings is 2. The van der Waals surface area contributed by atoms with E-state index in [0.29, 0.717) is 11.3 Å². The number of nitrogens with one attached hydrogen (secondary N) is 2. The number of ether oxygens (including phenoxy) is 1. The minimum atomic E-state index is -0.148. The van der Waals surface area contributed by atoms with E-state index in [1.54, 1.807) is 19.4 Å². The van der Waals surface area contributed by atoms with Crippen molar-refractivity contribution in [1.29, 1.82) is 0 Å². The van der Waals surface area contributed by atoms with Crippen LogP contribution in [0.5, 0.6) is 5.75 Å². The highest BCUT2D eigenvalue weighted by atomic mass is 16.5. The van der Waals surface area contributed by atoms with Crippen LogP contribution >= 0.6 is 0 Å². The van der Waals surface area contributed by atoms with Crippen LogP contribution in [0.25, 0.3) is 11.6 Å². The Morgan fingerprint density at radius 2 is 1.85 bits per heavy atom. The molecule has 0 atom stereocenters. The van der Waals surface area contributed by atoms with Crippen LogP contribution in [0.2, 0.25) is 0 Å². The maximum Gasteiger partial charge on any atom is 0.256 e. The summed E-state index contributed by atoms with van der Waals surface area (Å²) in [5, 5.41) is 2.91. The number of aromatic nitrogens is 1. The Hall–Kier alpha value is -3.71. The van der Waals surface area contributed by atoms with Crippen molar-refractivity contribution in [3.8, 4) is 17.6 Å². The van der Waals surface area contributed by atoms with Crippen LogP contribution in [-0.2, 0) is 4.79 Å². The fraction of sp³-hybridized carbons (Fsp3) is 0.0455. The van der Waals surface area contributed by atoms with Crippen molar-refractivity contribution >= 4 is 23.2 Å². The normalized spacial score (nSPS) is 13.7. The third kappa shape index (κ3) is 2.87. The topological polar surface area (TPSA) is 54.1 Å². The first-order valence-corrected chi connectivity index (χ1v) is 8.21. The maximum atomic E-state index is 12.5. The fourth-order valence-corrected chi connectivity index (χ4v) is 2.96. The van der Waals surface area contributed by atoms with E-state index >= 15 is 0 Å². The van der Waals surface area contributed by atoms with Gasteiger partial charge in [-0.3, -0.25) is 4.79 Å². The molecule has 0 saturated carbocycles. The van der Waals surface area contributed by atoms with E-state index in [9.17, 15) is 4.79 Å². The summed E-state index contributed by atoms with van der Waals surface area (Å²) in [5.74, 6) is 6.89. The number of carbonyl (C=O) groups excluding carboxylic acids is 1. The molecule has 4 nitrogen and oxygen atoms in total. The average molecular weight is 340 g/mol. The van der Waals surface area contributed by atoms with Gasteiger partial charge in [-0.2, -0.15) is 0 Å². The molecule has 0 fully saturated rings. The van der Waals surface area contributed by atoms with Gasteiger partial charge < -0.3 is 15.0 Å². The van der Waals surface area contributed by atoms with E-state index in [0.717, 1.165) is 28.1 Å². The van der Waals surface area contributed by atoms with Crippen LogP contribution in [-0.4, -0.2) is 18.0 Å². The number of aromatic amines is 1. The number of hydrogen-bond donors (Lipinski definition) is 2. The van der Waals surface area contributed by atoms with E-state index in [-0.39, 0.29) is 5.91 Å². The molecule has 0 aliphatic carbocycles. The molecule has 2 aromatic carbocycles. The minimum absolute atomic E-state index is 0.148. The van der Waals surface area contributed by atoms with E-state index in [2.05, 4.69) is 22.1 Å². The lowest BCUT2D eigenvalue weighted by Gasteiger charge is -2.03. The van der Waals surface area contributed by atoms with E-state index in [4.69, 9.17) is 4.74 Å². The van der Waals surface area contributed by atoms with Crippen molar-refractivity contribution in [2.24, 2.45) is 0 Å². The van der Waals surface area contributed by atoms with Gasteiger partial charge in [-0.05, 0) is 36.4 Å². The number of amides is 1. The largest absolute Gasteiger partial charge is 0.495 e. The Bertz CT molecular complexity index is 1070. The number of methoxy groups -OCH3 is 1. The molecule has 1 aliphatic rings. The molecule has 0 bridgehead atoms. The number of fused-ring (bicyclic) bond motifs is 1. The summed E-state index contributed by atoms with van der Waals surface area (Å²) in [6, 6.07) is 17.3. The summed E-state index contributed by atoms with van der Waals surface area (Å²) < 4.78 is 5.32. The molecule has 0 radical (unpaired) electrons. The highest BCUT2D eigenvalue weighted by molar-refractivity contribution is 6.35. The lowest BCUT2D eigenvalue weighted by molar-refractivity contribution is -0.110. The summed E-state index contributed by atoms with van der Waals surface area (Å²) in [5.41, 5.74) is 4.64. The second-order valence-electron chi connectivity index (χ2n) is 5.82. The third-order valence-electron chi connectivity index (χ3n) is 4.19. The zero-order valence-electron chi connectivity index (χ0n) is 14.2. The Labute approximate surface area is 151 Å². The smallest absolute Gasteiger partial charge is 0.256 e. The van der Waals surface area contributed by atoms with Crippen LogP contribution < -0.4 is 10.1 Å². The Morgan fingerprint density at radius 3 is 2.65 bits per heavy atom. The van der Waals surface area contributed by atoms with Gasteiger partial charge in [0.2, 0.25) is 0 Å². The predicted octanol–water partition coefficient (Wildman–Crippen LogP) is 3.92. The van der Waals surface area contributed by atoms with E-state index in [1.165, 1.54) is 0 Å².